The van der Waals surface area contributed by atoms with Gasteiger partial charge in [0.15, 0.2) is 0 Å². The summed E-state index contributed by atoms with van der Waals surface area (Å²) in [7, 11) is 1.72. The van der Waals surface area contributed by atoms with E-state index < -0.39 is 0 Å². The SMILES string of the molecule is CCc1nn(CC)c(CCC(Br)COC)c1Cl. The largest absolute Gasteiger partial charge is 0.384 e. The Hall–Kier alpha value is -0.0600. The smallest absolute Gasteiger partial charge is 0.0849 e. The molecule has 0 fully saturated rings. The Kier molecular flexibility index (Phi) is 6.52. The molecule has 0 bridgehead atoms. The predicted octanol–water partition coefficient (Wildman–Crippen LogP) is 3.46. The molecule has 0 amide bonds. The summed E-state index contributed by atoms with van der Waals surface area (Å²) in [6, 6.07) is 0. The minimum atomic E-state index is 0.369. The molecule has 0 aromatic carbocycles. The molecule has 17 heavy (non-hydrogen) atoms. The predicted molar refractivity (Wildman–Crippen MR) is 75.2 cm³/mol. The molecule has 1 aromatic rings. The van der Waals surface area contributed by atoms with E-state index in [9.17, 15) is 0 Å². The fraction of sp³-hybridized carbons (Fsp3) is 0.750. The van der Waals surface area contributed by atoms with Gasteiger partial charge < -0.3 is 4.74 Å². The molecular formula is C12H20BrClN2O. The highest BCUT2D eigenvalue weighted by Crippen LogP contribution is 2.24. The molecule has 0 N–H and O–H groups in total. The minimum absolute atomic E-state index is 0.369. The van der Waals surface area contributed by atoms with Crippen molar-refractivity contribution in [1.29, 1.82) is 0 Å². The maximum atomic E-state index is 6.34. The number of aryl methyl sites for hydroxylation is 2. The normalized spacial score (nSPS) is 13.0. The second-order valence-corrected chi connectivity index (χ2v) is 5.64. The van der Waals surface area contributed by atoms with Crippen LogP contribution in [0.4, 0.5) is 0 Å². The highest BCUT2D eigenvalue weighted by atomic mass is 79.9. The van der Waals surface area contributed by atoms with Crippen LogP contribution in [0, 0.1) is 0 Å². The first-order chi connectivity index (χ1) is 8.13. The number of alkyl halides is 1. The van der Waals surface area contributed by atoms with Crippen LogP contribution < -0.4 is 0 Å². The van der Waals surface area contributed by atoms with Crippen molar-refractivity contribution in [3.63, 3.8) is 0 Å². The molecule has 5 heteroatoms. The van der Waals surface area contributed by atoms with Crippen LogP contribution in [0.2, 0.25) is 5.02 Å². The summed E-state index contributed by atoms with van der Waals surface area (Å²) in [6.07, 6.45) is 2.82. The summed E-state index contributed by atoms with van der Waals surface area (Å²) >= 11 is 9.93. The van der Waals surface area contributed by atoms with E-state index in [0.717, 1.165) is 48.8 Å². The number of hydrogen-bond acceptors (Lipinski definition) is 2. The molecule has 0 aliphatic rings. The Morgan fingerprint density at radius 2 is 2.18 bits per heavy atom. The molecule has 0 aliphatic carbocycles. The molecule has 98 valence electrons. The van der Waals surface area contributed by atoms with E-state index in [1.165, 1.54) is 0 Å². The number of halogens is 2. The van der Waals surface area contributed by atoms with Crippen molar-refractivity contribution in [2.45, 2.75) is 44.5 Å². The van der Waals surface area contributed by atoms with Crippen LogP contribution in [0.15, 0.2) is 0 Å². The summed E-state index contributed by atoms with van der Waals surface area (Å²) in [4.78, 5) is 0.369. The van der Waals surface area contributed by atoms with Crippen molar-refractivity contribution in [1.82, 2.24) is 9.78 Å². The second kappa shape index (κ2) is 7.39. The fourth-order valence-electron chi connectivity index (χ4n) is 1.81. The van der Waals surface area contributed by atoms with Crippen molar-refractivity contribution < 1.29 is 4.74 Å². The van der Waals surface area contributed by atoms with Crippen molar-refractivity contribution in [3.8, 4) is 0 Å². The lowest BCUT2D eigenvalue weighted by atomic mass is 10.2. The Morgan fingerprint density at radius 1 is 1.47 bits per heavy atom. The van der Waals surface area contributed by atoms with Gasteiger partial charge in [0.05, 0.1) is 23.0 Å². The van der Waals surface area contributed by atoms with Crippen LogP contribution in [0.1, 0.15) is 31.7 Å². The number of methoxy groups -OCH3 is 1. The van der Waals surface area contributed by atoms with Gasteiger partial charge in [-0.3, -0.25) is 4.68 Å². The first-order valence-corrected chi connectivity index (χ1v) is 7.30. The lowest BCUT2D eigenvalue weighted by Gasteiger charge is -2.09. The highest BCUT2D eigenvalue weighted by molar-refractivity contribution is 9.09. The molecule has 0 saturated heterocycles. The maximum Gasteiger partial charge on any atom is 0.0849 e. The van der Waals surface area contributed by atoms with Crippen LogP contribution >= 0.6 is 27.5 Å². The molecule has 0 spiro atoms. The Labute approximate surface area is 117 Å². The zero-order valence-corrected chi connectivity index (χ0v) is 13.0. The molecule has 3 nitrogen and oxygen atoms in total. The number of rotatable bonds is 7. The minimum Gasteiger partial charge on any atom is -0.384 e. The number of aromatic nitrogens is 2. The van der Waals surface area contributed by atoms with E-state index in [1.54, 1.807) is 7.11 Å². The topological polar surface area (TPSA) is 27.1 Å². The van der Waals surface area contributed by atoms with Gasteiger partial charge in [-0.05, 0) is 26.2 Å². The van der Waals surface area contributed by atoms with Crippen molar-refractivity contribution >= 4 is 27.5 Å². The molecular weight excluding hydrogens is 304 g/mol. The second-order valence-electron chi connectivity index (χ2n) is 3.97. The molecule has 1 unspecified atom stereocenters. The maximum absolute atomic E-state index is 6.34. The van der Waals surface area contributed by atoms with Crippen LogP contribution in [0.3, 0.4) is 0 Å². The Morgan fingerprint density at radius 3 is 2.71 bits per heavy atom. The summed E-state index contributed by atoms with van der Waals surface area (Å²) < 4.78 is 7.11. The number of nitrogens with zero attached hydrogens (tertiary/aromatic N) is 2. The average Bonchev–Trinajstić information content (AvgIpc) is 2.63. The zero-order valence-electron chi connectivity index (χ0n) is 10.7. The van der Waals surface area contributed by atoms with Crippen LogP contribution in [0.25, 0.3) is 0 Å². The lowest BCUT2D eigenvalue weighted by Crippen LogP contribution is -2.10. The van der Waals surface area contributed by atoms with E-state index in [4.69, 9.17) is 16.3 Å². The Bertz CT molecular complexity index is 355. The molecule has 1 aromatic heterocycles. The third-order valence-corrected chi connectivity index (χ3v) is 3.89. The van der Waals surface area contributed by atoms with E-state index >= 15 is 0 Å². The van der Waals surface area contributed by atoms with Crippen molar-refractivity contribution in [3.05, 3.63) is 16.4 Å². The summed E-state index contributed by atoms with van der Waals surface area (Å²) in [5.74, 6) is 0. The van der Waals surface area contributed by atoms with E-state index in [2.05, 4.69) is 34.9 Å². The van der Waals surface area contributed by atoms with E-state index in [-0.39, 0.29) is 0 Å². The third-order valence-electron chi connectivity index (χ3n) is 2.74. The average molecular weight is 324 g/mol. The van der Waals surface area contributed by atoms with Gasteiger partial charge in [-0.15, -0.1) is 0 Å². The van der Waals surface area contributed by atoms with Crippen LogP contribution in [0.5, 0.6) is 0 Å². The Balaban J connectivity index is 2.72. The summed E-state index contributed by atoms with van der Waals surface area (Å²) in [5.41, 5.74) is 2.15. The molecule has 1 atom stereocenters. The summed E-state index contributed by atoms with van der Waals surface area (Å²) in [6.45, 7) is 5.76. The lowest BCUT2D eigenvalue weighted by molar-refractivity contribution is 0.198. The number of hydrogen-bond donors (Lipinski definition) is 0. The molecule has 0 saturated carbocycles. The van der Waals surface area contributed by atoms with Gasteiger partial charge in [0.1, 0.15) is 0 Å². The zero-order chi connectivity index (χ0) is 12.8. The first kappa shape index (κ1) is 15.0. The van der Waals surface area contributed by atoms with Gasteiger partial charge in [0.2, 0.25) is 0 Å². The van der Waals surface area contributed by atoms with Crippen LogP contribution in [-0.2, 0) is 24.1 Å². The van der Waals surface area contributed by atoms with E-state index in [0.29, 0.717) is 4.83 Å². The molecule has 1 rings (SSSR count). The van der Waals surface area contributed by atoms with Gasteiger partial charge >= 0.3 is 0 Å². The van der Waals surface area contributed by atoms with Gasteiger partial charge in [-0.25, -0.2) is 0 Å². The quantitative estimate of drug-likeness (QED) is 0.719. The summed E-state index contributed by atoms with van der Waals surface area (Å²) in [5, 5.41) is 5.35. The van der Waals surface area contributed by atoms with Gasteiger partial charge in [-0.1, -0.05) is 34.5 Å². The first-order valence-electron chi connectivity index (χ1n) is 6.01. The fourth-order valence-corrected chi connectivity index (χ4v) is 2.67. The monoisotopic (exact) mass is 322 g/mol. The van der Waals surface area contributed by atoms with Gasteiger partial charge in [0.25, 0.3) is 0 Å². The van der Waals surface area contributed by atoms with Crippen LogP contribution in [-0.4, -0.2) is 28.3 Å². The van der Waals surface area contributed by atoms with Gasteiger partial charge in [-0.2, -0.15) is 5.10 Å². The molecule has 0 aliphatic heterocycles. The van der Waals surface area contributed by atoms with E-state index in [1.807, 2.05) is 4.68 Å². The molecule has 0 radical (unpaired) electrons. The van der Waals surface area contributed by atoms with Crippen molar-refractivity contribution in [2.24, 2.45) is 0 Å². The van der Waals surface area contributed by atoms with Crippen molar-refractivity contribution in [2.75, 3.05) is 13.7 Å². The third kappa shape index (κ3) is 3.97. The van der Waals surface area contributed by atoms with Gasteiger partial charge in [0, 0.05) is 18.5 Å². The standard InChI is InChI=1S/C12H20BrClN2O/c1-4-10-12(14)11(16(5-2)15-10)7-6-9(13)8-17-3/h9H,4-8H2,1-3H3. The molecule has 1 heterocycles. The number of ether oxygens (including phenoxy) is 1. The highest BCUT2D eigenvalue weighted by Gasteiger charge is 2.15.